The lowest BCUT2D eigenvalue weighted by molar-refractivity contribution is 0.0283. The predicted molar refractivity (Wildman–Crippen MR) is 99.8 cm³/mol. The summed E-state index contributed by atoms with van der Waals surface area (Å²) in [6.45, 7) is 5.25. The molecule has 1 saturated carbocycles. The van der Waals surface area contributed by atoms with Crippen LogP contribution in [0.5, 0.6) is 5.75 Å². The van der Waals surface area contributed by atoms with E-state index in [0.29, 0.717) is 18.0 Å². The number of carbonyl (C=O) groups is 1. The zero-order valence-corrected chi connectivity index (χ0v) is 15.6. The first-order chi connectivity index (χ1) is 13.2. The number of benzene rings is 1. The van der Waals surface area contributed by atoms with Crippen LogP contribution >= 0.6 is 0 Å². The molecule has 1 aliphatic heterocycles. The van der Waals surface area contributed by atoms with E-state index in [2.05, 4.69) is 15.4 Å². The lowest BCUT2D eigenvalue weighted by atomic mass is 10.1. The predicted octanol–water partition coefficient (Wildman–Crippen LogP) is 2.19. The van der Waals surface area contributed by atoms with E-state index in [1.165, 1.54) is 0 Å². The Morgan fingerprint density at radius 1 is 1.26 bits per heavy atom. The Hall–Kier alpha value is -2.38. The highest BCUT2D eigenvalue weighted by molar-refractivity contribution is 5.93. The van der Waals surface area contributed by atoms with Crippen LogP contribution in [0.15, 0.2) is 34.9 Å². The van der Waals surface area contributed by atoms with Crippen LogP contribution in [0.4, 0.5) is 0 Å². The highest BCUT2D eigenvalue weighted by Gasteiger charge is 2.44. The molecule has 1 aliphatic carbocycles. The van der Waals surface area contributed by atoms with Crippen molar-refractivity contribution in [3.05, 3.63) is 36.0 Å². The van der Waals surface area contributed by atoms with Crippen LogP contribution in [0.1, 0.15) is 23.3 Å². The average molecular weight is 371 g/mol. The van der Waals surface area contributed by atoms with Gasteiger partial charge in [0.2, 0.25) is 0 Å². The standard InChI is InChI=1S/C20H25N3O4/c1-25-16-4-2-15(3-5-16)18-12-17(22-27-18)19(24)21-13-20(6-7-20)14-23-8-10-26-11-9-23/h2-5,12H,6-11,13-14H2,1H3,(H,21,24). The average Bonchev–Trinajstić information content (AvgIpc) is 3.29. The molecule has 1 N–H and O–H groups in total. The first kappa shape index (κ1) is 18.0. The van der Waals surface area contributed by atoms with Crippen LogP contribution in [0.3, 0.4) is 0 Å². The van der Waals surface area contributed by atoms with Gasteiger partial charge in [0, 0.05) is 43.2 Å². The van der Waals surface area contributed by atoms with Crippen molar-refractivity contribution in [2.75, 3.05) is 46.5 Å². The second-order valence-electron chi connectivity index (χ2n) is 7.38. The molecule has 27 heavy (non-hydrogen) atoms. The van der Waals surface area contributed by atoms with Gasteiger partial charge in [0.05, 0.1) is 20.3 Å². The van der Waals surface area contributed by atoms with E-state index in [-0.39, 0.29) is 11.3 Å². The van der Waals surface area contributed by atoms with Gasteiger partial charge in [-0.05, 0) is 37.1 Å². The Balaban J connectivity index is 1.32. The SMILES string of the molecule is COc1ccc(-c2cc(C(=O)NCC3(CN4CCOCC4)CC3)no2)cc1. The maximum Gasteiger partial charge on any atom is 0.273 e. The maximum absolute atomic E-state index is 12.5. The Kier molecular flexibility index (Phi) is 5.13. The second kappa shape index (κ2) is 7.70. The van der Waals surface area contributed by atoms with E-state index in [9.17, 15) is 4.79 Å². The molecule has 4 rings (SSSR count). The van der Waals surface area contributed by atoms with E-state index >= 15 is 0 Å². The summed E-state index contributed by atoms with van der Waals surface area (Å²) in [5.74, 6) is 1.15. The van der Waals surface area contributed by atoms with Gasteiger partial charge in [-0.25, -0.2) is 0 Å². The van der Waals surface area contributed by atoms with Crippen LogP contribution in [-0.4, -0.2) is 62.5 Å². The topological polar surface area (TPSA) is 76.8 Å². The van der Waals surface area contributed by atoms with Gasteiger partial charge in [0.1, 0.15) is 5.75 Å². The summed E-state index contributed by atoms with van der Waals surface area (Å²) in [4.78, 5) is 14.9. The third-order valence-electron chi connectivity index (χ3n) is 5.36. The molecule has 7 nitrogen and oxygen atoms in total. The molecule has 0 spiro atoms. The van der Waals surface area contributed by atoms with Gasteiger partial charge in [-0.3, -0.25) is 9.69 Å². The van der Waals surface area contributed by atoms with E-state index in [0.717, 1.165) is 57.0 Å². The largest absolute Gasteiger partial charge is 0.497 e. The Morgan fingerprint density at radius 2 is 2.00 bits per heavy atom. The Morgan fingerprint density at radius 3 is 2.67 bits per heavy atom. The molecule has 1 aromatic heterocycles. The summed E-state index contributed by atoms with van der Waals surface area (Å²) in [6.07, 6.45) is 2.31. The number of nitrogens with zero attached hydrogens (tertiary/aromatic N) is 2. The third-order valence-corrected chi connectivity index (χ3v) is 5.36. The summed E-state index contributed by atoms with van der Waals surface area (Å²) < 4.78 is 15.9. The Labute approximate surface area is 158 Å². The fraction of sp³-hybridized carbons (Fsp3) is 0.500. The van der Waals surface area contributed by atoms with Crippen molar-refractivity contribution in [2.45, 2.75) is 12.8 Å². The number of amides is 1. The maximum atomic E-state index is 12.5. The zero-order chi connectivity index (χ0) is 18.7. The molecule has 2 fully saturated rings. The molecule has 144 valence electrons. The monoisotopic (exact) mass is 371 g/mol. The molecule has 0 unspecified atom stereocenters. The molecule has 0 bridgehead atoms. The molecule has 2 aliphatic rings. The highest BCUT2D eigenvalue weighted by atomic mass is 16.5. The number of hydrogen-bond acceptors (Lipinski definition) is 6. The van der Waals surface area contributed by atoms with E-state index in [1.807, 2.05) is 24.3 Å². The lowest BCUT2D eigenvalue weighted by Gasteiger charge is -2.30. The highest BCUT2D eigenvalue weighted by Crippen LogP contribution is 2.45. The number of aromatic nitrogens is 1. The van der Waals surface area contributed by atoms with Crippen LogP contribution in [-0.2, 0) is 4.74 Å². The summed E-state index contributed by atoms with van der Waals surface area (Å²) >= 11 is 0. The first-order valence-corrected chi connectivity index (χ1v) is 9.37. The quantitative estimate of drug-likeness (QED) is 0.804. The van der Waals surface area contributed by atoms with Crippen molar-refractivity contribution in [3.63, 3.8) is 0 Å². The number of methoxy groups -OCH3 is 1. The van der Waals surface area contributed by atoms with Gasteiger partial charge in [-0.15, -0.1) is 0 Å². The smallest absolute Gasteiger partial charge is 0.273 e. The summed E-state index contributed by atoms with van der Waals surface area (Å²) in [7, 11) is 1.62. The van der Waals surface area contributed by atoms with Gasteiger partial charge in [0.15, 0.2) is 11.5 Å². The van der Waals surface area contributed by atoms with Gasteiger partial charge in [-0.2, -0.15) is 0 Å². The third kappa shape index (κ3) is 4.31. The molecule has 0 atom stereocenters. The molecule has 2 aromatic rings. The number of nitrogens with one attached hydrogen (secondary N) is 1. The fourth-order valence-corrected chi connectivity index (χ4v) is 3.43. The lowest BCUT2D eigenvalue weighted by Crippen LogP contribution is -2.43. The Bertz CT molecular complexity index is 777. The van der Waals surface area contributed by atoms with Gasteiger partial charge < -0.3 is 19.3 Å². The van der Waals surface area contributed by atoms with Crippen LogP contribution < -0.4 is 10.1 Å². The summed E-state index contributed by atoms with van der Waals surface area (Å²) in [6, 6.07) is 9.13. The minimum atomic E-state index is -0.188. The number of rotatable bonds is 7. The normalized spacial score (nSPS) is 18.9. The van der Waals surface area contributed by atoms with E-state index in [4.69, 9.17) is 14.0 Å². The van der Waals surface area contributed by atoms with Crippen molar-refractivity contribution in [1.82, 2.24) is 15.4 Å². The molecule has 1 amide bonds. The van der Waals surface area contributed by atoms with E-state index in [1.54, 1.807) is 13.2 Å². The molecule has 7 heteroatoms. The summed E-state index contributed by atoms with van der Waals surface area (Å²) in [5, 5.41) is 6.96. The van der Waals surface area contributed by atoms with E-state index < -0.39 is 0 Å². The van der Waals surface area contributed by atoms with Crippen molar-refractivity contribution in [2.24, 2.45) is 5.41 Å². The number of hydrogen-bond donors (Lipinski definition) is 1. The molecule has 1 saturated heterocycles. The van der Waals surface area contributed by atoms with Crippen molar-refractivity contribution in [1.29, 1.82) is 0 Å². The molecule has 2 heterocycles. The van der Waals surface area contributed by atoms with Gasteiger partial charge in [0.25, 0.3) is 5.91 Å². The van der Waals surface area contributed by atoms with Gasteiger partial charge in [-0.1, -0.05) is 5.16 Å². The molecule has 0 radical (unpaired) electrons. The van der Waals surface area contributed by atoms with Crippen LogP contribution in [0, 0.1) is 5.41 Å². The first-order valence-electron chi connectivity index (χ1n) is 9.37. The molecular weight excluding hydrogens is 346 g/mol. The number of carbonyl (C=O) groups excluding carboxylic acids is 1. The van der Waals surface area contributed by atoms with Crippen molar-refractivity contribution in [3.8, 4) is 17.1 Å². The second-order valence-corrected chi connectivity index (χ2v) is 7.38. The van der Waals surface area contributed by atoms with Crippen molar-refractivity contribution >= 4 is 5.91 Å². The number of morpholine rings is 1. The van der Waals surface area contributed by atoms with Crippen LogP contribution in [0.2, 0.25) is 0 Å². The van der Waals surface area contributed by atoms with Crippen LogP contribution in [0.25, 0.3) is 11.3 Å². The zero-order valence-electron chi connectivity index (χ0n) is 15.6. The van der Waals surface area contributed by atoms with Crippen molar-refractivity contribution < 1.29 is 18.8 Å². The molecule has 1 aromatic carbocycles. The summed E-state index contributed by atoms with van der Waals surface area (Å²) in [5.41, 5.74) is 1.37. The molecular formula is C20H25N3O4. The minimum absolute atomic E-state index is 0.188. The number of ether oxygens (including phenoxy) is 2. The van der Waals surface area contributed by atoms with Gasteiger partial charge >= 0.3 is 0 Å². The fourth-order valence-electron chi connectivity index (χ4n) is 3.43. The minimum Gasteiger partial charge on any atom is -0.497 e.